The molecular weight excluding hydrogens is 865 g/mol. The zero-order valence-electron chi connectivity index (χ0n) is 38.4. The second-order valence-electron chi connectivity index (χ2n) is 16.4. The van der Waals surface area contributed by atoms with Gasteiger partial charge >= 0.3 is 0 Å². The Labute approximate surface area is 384 Å². The number of hydrogen-bond acceptors (Lipinski definition) is 15. The molecule has 22 nitrogen and oxygen atoms in total. The Bertz CT molecular complexity index is 1860. The number of benzene rings is 1. The topological polar surface area (TPSA) is 278 Å². The number of imide groups is 2. The number of nitrogens with zero attached hydrogens (tertiary/aromatic N) is 2. The van der Waals surface area contributed by atoms with Gasteiger partial charge < -0.3 is 55.2 Å². The van der Waals surface area contributed by atoms with Crippen molar-refractivity contribution in [3.05, 3.63) is 29.3 Å². The minimum Gasteiger partial charge on any atom is -0.382 e. The lowest BCUT2D eigenvalue weighted by Gasteiger charge is -2.28. The molecule has 2 saturated heterocycles. The van der Waals surface area contributed by atoms with Gasteiger partial charge in [-0.3, -0.25) is 53.4 Å². The highest BCUT2D eigenvalue weighted by atomic mass is 16.6. The molecule has 0 saturated carbocycles. The van der Waals surface area contributed by atoms with E-state index in [1.807, 2.05) is 13.8 Å². The number of fused-ring (bicyclic) bond motifs is 1. The first-order valence-electron chi connectivity index (χ1n) is 22.6. The van der Waals surface area contributed by atoms with Gasteiger partial charge in [0.25, 0.3) is 11.8 Å². The zero-order chi connectivity index (χ0) is 48.0. The number of hydrogen-bond donors (Lipinski definition) is 6. The molecule has 0 bridgehead atoms. The Kier molecular flexibility index (Phi) is 22.4. The third-order valence-corrected chi connectivity index (χ3v) is 10.9. The van der Waals surface area contributed by atoms with E-state index in [1.165, 1.54) is 6.07 Å². The number of nitrogens with one attached hydrogen (secondary N) is 6. The van der Waals surface area contributed by atoms with E-state index in [9.17, 15) is 43.2 Å². The molecule has 3 atom stereocenters. The third-order valence-electron chi connectivity index (χ3n) is 10.9. The summed E-state index contributed by atoms with van der Waals surface area (Å²) in [4.78, 5) is 115. The highest BCUT2D eigenvalue weighted by molar-refractivity contribution is 6.25. The first-order valence-corrected chi connectivity index (χ1v) is 22.6. The smallest absolute Gasteiger partial charge is 0.264 e. The van der Waals surface area contributed by atoms with Crippen molar-refractivity contribution < 1.29 is 66.8 Å². The van der Waals surface area contributed by atoms with E-state index in [0.29, 0.717) is 78.0 Å². The van der Waals surface area contributed by atoms with Crippen molar-refractivity contribution in [3.63, 3.8) is 0 Å². The van der Waals surface area contributed by atoms with Crippen molar-refractivity contribution in [2.75, 3.05) is 104 Å². The quantitative estimate of drug-likeness (QED) is 0.0389. The van der Waals surface area contributed by atoms with Gasteiger partial charge in [-0.05, 0) is 51.2 Å². The SMILES string of the molecule is CC(C)C(NC(=O)CNC(=O)CCOCCOCCOCCOCCOCCNc1cccc2c1C(=O)N(C1CCC(=O)NC1=O)C2=O)C(=O)NCC(=O)N(CCC1CCNC1=O)C(C)C. The van der Waals surface area contributed by atoms with Crippen molar-refractivity contribution >= 4 is 58.9 Å². The molecule has 3 aliphatic rings. The fourth-order valence-electron chi connectivity index (χ4n) is 7.35. The van der Waals surface area contributed by atoms with Crippen molar-refractivity contribution in [1.82, 2.24) is 36.4 Å². The molecule has 366 valence electrons. The minimum atomic E-state index is -1.04. The summed E-state index contributed by atoms with van der Waals surface area (Å²) in [6.45, 7) is 11.0. The van der Waals surface area contributed by atoms with Crippen molar-refractivity contribution in [2.45, 2.75) is 77.9 Å². The molecule has 0 aromatic heterocycles. The van der Waals surface area contributed by atoms with Gasteiger partial charge in [-0.25, -0.2) is 0 Å². The van der Waals surface area contributed by atoms with Gasteiger partial charge in [0, 0.05) is 50.1 Å². The van der Waals surface area contributed by atoms with E-state index >= 15 is 0 Å². The lowest BCUT2D eigenvalue weighted by molar-refractivity contribution is -0.136. The van der Waals surface area contributed by atoms with Gasteiger partial charge in [-0.1, -0.05) is 19.9 Å². The van der Waals surface area contributed by atoms with Gasteiger partial charge in [-0.15, -0.1) is 0 Å². The van der Waals surface area contributed by atoms with Crippen LogP contribution in [-0.2, 0) is 57.2 Å². The predicted molar refractivity (Wildman–Crippen MR) is 236 cm³/mol. The second-order valence-corrected chi connectivity index (χ2v) is 16.4. The average molecular weight is 931 g/mol. The molecule has 9 amide bonds. The average Bonchev–Trinajstić information content (AvgIpc) is 3.81. The fourth-order valence-corrected chi connectivity index (χ4v) is 7.35. The van der Waals surface area contributed by atoms with Crippen LogP contribution in [0.2, 0.25) is 0 Å². The van der Waals surface area contributed by atoms with Crippen LogP contribution in [0.3, 0.4) is 0 Å². The standard InChI is InChI=1S/C44H66N8O14/c1-28(2)39(42(59)48-27-37(56)51(29(3)4)15-11-30-10-13-46-40(30)57)49-36(55)26-47-34(53)12-16-62-18-20-64-22-24-66-25-23-65-21-19-63-17-14-45-32-7-5-6-31-38(32)44(61)52(43(31)60)33-8-9-35(54)50-41(33)58/h5-7,28-30,33,39,45H,8-27H2,1-4H3,(H,46,57)(H,47,53)(H,48,59)(H,49,55)(H,50,54,58). The van der Waals surface area contributed by atoms with E-state index in [1.54, 1.807) is 30.9 Å². The van der Waals surface area contributed by atoms with Crippen LogP contribution in [-0.4, -0.2) is 180 Å². The summed E-state index contributed by atoms with van der Waals surface area (Å²) in [5.74, 6) is -4.45. The van der Waals surface area contributed by atoms with Gasteiger partial charge in [0.2, 0.25) is 41.4 Å². The maximum absolute atomic E-state index is 13.2. The monoisotopic (exact) mass is 930 g/mol. The number of amides is 9. The Hall–Kier alpha value is -5.55. The predicted octanol–water partition coefficient (Wildman–Crippen LogP) is -0.891. The van der Waals surface area contributed by atoms with Crippen LogP contribution in [0.4, 0.5) is 5.69 Å². The van der Waals surface area contributed by atoms with Crippen LogP contribution in [0.1, 0.15) is 80.5 Å². The molecule has 0 radical (unpaired) electrons. The molecule has 1 aromatic carbocycles. The van der Waals surface area contributed by atoms with E-state index in [0.717, 1.165) is 11.3 Å². The van der Waals surface area contributed by atoms with Crippen LogP contribution in [0, 0.1) is 11.8 Å². The number of rotatable bonds is 31. The molecular formula is C44H66N8O14. The summed E-state index contributed by atoms with van der Waals surface area (Å²) in [5.41, 5.74) is 0.826. The summed E-state index contributed by atoms with van der Waals surface area (Å²) in [5, 5.41) is 15.9. The molecule has 3 aliphatic heterocycles. The molecule has 3 unspecified atom stereocenters. The first-order chi connectivity index (χ1) is 31.7. The molecule has 2 fully saturated rings. The summed E-state index contributed by atoms with van der Waals surface area (Å²) in [7, 11) is 0. The molecule has 0 aliphatic carbocycles. The highest BCUT2D eigenvalue weighted by Gasteiger charge is 2.45. The van der Waals surface area contributed by atoms with Gasteiger partial charge in [0.1, 0.15) is 12.1 Å². The minimum absolute atomic E-state index is 0.00558. The van der Waals surface area contributed by atoms with Gasteiger partial charge in [0.05, 0.1) is 90.3 Å². The maximum Gasteiger partial charge on any atom is 0.264 e. The number of carbonyl (C=O) groups excluding carboxylic acids is 9. The molecule has 4 rings (SSSR count). The van der Waals surface area contributed by atoms with Crippen molar-refractivity contribution in [1.29, 1.82) is 0 Å². The number of ether oxygens (including phenoxy) is 5. The fraction of sp³-hybridized carbons (Fsp3) is 0.659. The second kappa shape index (κ2) is 27.8. The molecule has 1 aromatic rings. The maximum atomic E-state index is 13.2. The summed E-state index contributed by atoms with van der Waals surface area (Å²) in [6.07, 6.45) is 1.41. The van der Waals surface area contributed by atoms with Crippen LogP contribution < -0.4 is 31.9 Å². The Morgan fingerprint density at radius 2 is 1.39 bits per heavy atom. The lowest BCUT2D eigenvalue weighted by atomic mass is 10.0. The van der Waals surface area contributed by atoms with E-state index < -0.39 is 53.4 Å². The van der Waals surface area contributed by atoms with Crippen LogP contribution >= 0.6 is 0 Å². The third kappa shape index (κ3) is 16.7. The highest BCUT2D eigenvalue weighted by Crippen LogP contribution is 2.32. The number of anilines is 1. The van der Waals surface area contributed by atoms with Crippen molar-refractivity contribution in [3.8, 4) is 0 Å². The molecule has 22 heteroatoms. The first kappa shape index (κ1) is 53.1. The zero-order valence-corrected chi connectivity index (χ0v) is 38.4. The normalized spacial score (nSPS) is 17.4. The Morgan fingerprint density at radius 1 is 0.758 bits per heavy atom. The Morgan fingerprint density at radius 3 is 1.98 bits per heavy atom. The van der Waals surface area contributed by atoms with Crippen molar-refractivity contribution in [2.24, 2.45) is 11.8 Å². The summed E-state index contributed by atoms with van der Waals surface area (Å²) in [6, 6.07) is 2.77. The summed E-state index contributed by atoms with van der Waals surface area (Å²) >= 11 is 0. The summed E-state index contributed by atoms with van der Waals surface area (Å²) < 4.78 is 27.5. The molecule has 0 spiro atoms. The van der Waals surface area contributed by atoms with Crippen LogP contribution in [0.15, 0.2) is 18.2 Å². The van der Waals surface area contributed by atoms with E-state index in [4.69, 9.17) is 23.7 Å². The van der Waals surface area contributed by atoms with Gasteiger partial charge in [-0.2, -0.15) is 0 Å². The van der Waals surface area contributed by atoms with E-state index in [-0.39, 0.29) is 93.0 Å². The van der Waals surface area contributed by atoms with Gasteiger partial charge in [0.15, 0.2) is 0 Å². The van der Waals surface area contributed by atoms with Crippen LogP contribution in [0.5, 0.6) is 0 Å². The molecule has 3 heterocycles. The van der Waals surface area contributed by atoms with E-state index in [2.05, 4.69) is 31.9 Å². The number of piperidine rings is 1. The van der Waals surface area contributed by atoms with Crippen LogP contribution in [0.25, 0.3) is 0 Å². The molecule has 6 N–H and O–H groups in total. The molecule has 66 heavy (non-hydrogen) atoms. The Balaban J connectivity index is 0.938. The lowest BCUT2D eigenvalue weighted by Crippen LogP contribution is -2.54. The number of carbonyl (C=O) groups is 9. The largest absolute Gasteiger partial charge is 0.382 e.